The number of imidazole rings is 1. The van der Waals surface area contributed by atoms with Crippen LogP contribution in [0.5, 0.6) is 11.5 Å². The van der Waals surface area contributed by atoms with Crippen molar-refractivity contribution in [2.75, 3.05) is 19.8 Å². The summed E-state index contributed by atoms with van der Waals surface area (Å²) in [4.78, 5) is 11.8. The molecule has 0 fully saturated rings. The predicted molar refractivity (Wildman–Crippen MR) is 86.2 cm³/mol. The molecule has 3 rings (SSSR count). The number of hydrogen-bond donors (Lipinski definition) is 2. The Morgan fingerprint density at radius 2 is 2.17 bits per heavy atom. The highest BCUT2D eigenvalue weighted by molar-refractivity contribution is 5.80. The normalized spacial score (nSPS) is 10.4. The lowest BCUT2D eigenvalue weighted by Crippen LogP contribution is -2.03. The van der Waals surface area contributed by atoms with Crippen molar-refractivity contribution in [3.8, 4) is 35.2 Å². The molecule has 2 N–H and O–H groups in total. The van der Waals surface area contributed by atoms with Crippen LogP contribution in [0.25, 0.3) is 22.4 Å². The van der Waals surface area contributed by atoms with Crippen molar-refractivity contribution in [1.29, 1.82) is 0 Å². The van der Waals surface area contributed by atoms with Gasteiger partial charge in [0.25, 0.3) is 0 Å². The van der Waals surface area contributed by atoms with E-state index in [4.69, 9.17) is 21.0 Å². The fourth-order valence-electron chi connectivity index (χ4n) is 2.17. The topological polar surface area (TPSA) is 80.3 Å². The van der Waals surface area contributed by atoms with E-state index < -0.39 is 0 Å². The van der Waals surface area contributed by atoms with E-state index in [9.17, 15) is 0 Å². The molecule has 0 radical (unpaired) electrons. The monoisotopic (exact) mass is 309 g/mol. The number of rotatable bonds is 6. The van der Waals surface area contributed by atoms with E-state index >= 15 is 0 Å². The number of pyridine rings is 1. The Bertz CT molecular complexity index is 819. The molecule has 0 amide bonds. The lowest BCUT2D eigenvalue weighted by molar-refractivity contribution is 0.201. The van der Waals surface area contributed by atoms with Crippen LogP contribution in [0.2, 0.25) is 0 Å². The lowest BCUT2D eigenvalue weighted by atomic mass is 10.2. The van der Waals surface area contributed by atoms with Gasteiger partial charge in [-0.05, 0) is 18.2 Å². The number of fused-ring (bicyclic) bond motifs is 1. The summed E-state index contributed by atoms with van der Waals surface area (Å²) in [6.45, 7) is 0.265. The van der Waals surface area contributed by atoms with Gasteiger partial charge < -0.3 is 19.6 Å². The number of aliphatic hydroxyl groups excluding tert-OH is 1. The molecule has 2 heterocycles. The minimum Gasteiger partial charge on any atom is -0.490 e. The van der Waals surface area contributed by atoms with Crippen molar-refractivity contribution in [2.45, 2.75) is 0 Å². The van der Waals surface area contributed by atoms with Crippen LogP contribution in [0.4, 0.5) is 0 Å². The second kappa shape index (κ2) is 6.81. The molecule has 6 heteroatoms. The molecule has 0 atom stereocenters. The molecule has 0 saturated carbocycles. The Labute approximate surface area is 133 Å². The fraction of sp³-hybridized carbons (Fsp3) is 0.176. The average Bonchev–Trinajstić information content (AvgIpc) is 3.02. The van der Waals surface area contributed by atoms with Crippen LogP contribution in [0.1, 0.15) is 0 Å². The summed E-state index contributed by atoms with van der Waals surface area (Å²) in [5.41, 5.74) is 2.42. The first-order valence-corrected chi connectivity index (χ1v) is 7.06. The Balaban J connectivity index is 2.00. The summed E-state index contributed by atoms with van der Waals surface area (Å²) in [5, 5.41) is 9.00. The third-order valence-electron chi connectivity index (χ3n) is 3.16. The number of benzene rings is 1. The predicted octanol–water partition coefficient (Wildman–Crippen LogP) is 2.01. The van der Waals surface area contributed by atoms with Crippen LogP contribution < -0.4 is 9.47 Å². The summed E-state index contributed by atoms with van der Waals surface area (Å²) in [6.07, 6.45) is 8.59. The number of hydrogen-bond acceptors (Lipinski definition) is 5. The molecule has 0 spiro atoms. The van der Waals surface area contributed by atoms with Gasteiger partial charge in [0, 0.05) is 12.3 Å². The number of nitrogens with one attached hydrogen (secondary N) is 1. The lowest BCUT2D eigenvalue weighted by Gasteiger charge is -2.11. The third kappa shape index (κ3) is 3.25. The molecular weight excluding hydrogens is 294 g/mol. The standard InChI is InChI=1S/C17H15N3O3/c1-2-8-22-12-3-4-13(16(10-12)23-9-7-21)17-19-14-5-6-18-11-15(14)20-17/h1,3-6,10-11,21H,7-9H2,(H,19,20). The first-order chi connectivity index (χ1) is 11.3. The van der Waals surface area contributed by atoms with Crippen LogP contribution in [0, 0.1) is 12.3 Å². The summed E-state index contributed by atoms with van der Waals surface area (Å²) in [6, 6.07) is 7.21. The van der Waals surface area contributed by atoms with Gasteiger partial charge in [0.1, 0.15) is 36.1 Å². The Morgan fingerprint density at radius 1 is 1.26 bits per heavy atom. The van der Waals surface area contributed by atoms with E-state index in [1.807, 2.05) is 12.1 Å². The zero-order chi connectivity index (χ0) is 16.1. The number of H-pyrrole nitrogens is 1. The van der Waals surface area contributed by atoms with Crippen molar-refractivity contribution in [2.24, 2.45) is 0 Å². The minimum atomic E-state index is -0.0844. The third-order valence-corrected chi connectivity index (χ3v) is 3.16. The molecule has 2 aromatic heterocycles. The van der Waals surface area contributed by atoms with Crippen LogP contribution in [0.3, 0.4) is 0 Å². The first kappa shape index (κ1) is 14.9. The van der Waals surface area contributed by atoms with Gasteiger partial charge in [-0.2, -0.15) is 0 Å². The van der Waals surface area contributed by atoms with Crippen LogP contribution in [-0.2, 0) is 0 Å². The average molecular weight is 309 g/mol. The maximum atomic E-state index is 9.00. The number of ether oxygens (including phenoxy) is 2. The molecule has 0 aliphatic carbocycles. The first-order valence-electron chi connectivity index (χ1n) is 7.06. The van der Waals surface area contributed by atoms with E-state index in [0.29, 0.717) is 17.3 Å². The van der Waals surface area contributed by atoms with Gasteiger partial charge >= 0.3 is 0 Å². The highest BCUT2D eigenvalue weighted by Gasteiger charge is 2.12. The van der Waals surface area contributed by atoms with Gasteiger partial charge in [-0.3, -0.25) is 4.98 Å². The fourth-order valence-corrected chi connectivity index (χ4v) is 2.17. The number of aromatic nitrogens is 3. The number of aliphatic hydroxyl groups is 1. The molecule has 23 heavy (non-hydrogen) atoms. The minimum absolute atomic E-state index is 0.0844. The Morgan fingerprint density at radius 3 is 2.96 bits per heavy atom. The smallest absolute Gasteiger partial charge is 0.148 e. The summed E-state index contributed by atoms with van der Waals surface area (Å²) >= 11 is 0. The van der Waals surface area contributed by atoms with Crippen molar-refractivity contribution in [3.63, 3.8) is 0 Å². The quantitative estimate of drug-likeness (QED) is 0.681. The van der Waals surface area contributed by atoms with E-state index in [1.165, 1.54) is 0 Å². The molecular formula is C17H15N3O3. The molecule has 0 unspecified atom stereocenters. The molecule has 0 aliphatic heterocycles. The second-order valence-electron chi connectivity index (χ2n) is 4.70. The van der Waals surface area contributed by atoms with Gasteiger partial charge in [-0.1, -0.05) is 5.92 Å². The van der Waals surface area contributed by atoms with Gasteiger partial charge in [0.15, 0.2) is 0 Å². The van der Waals surface area contributed by atoms with Crippen molar-refractivity contribution >= 4 is 11.0 Å². The van der Waals surface area contributed by atoms with E-state index in [0.717, 1.165) is 16.6 Å². The van der Waals surface area contributed by atoms with Gasteiger partial charge in [-0.25, -0.2) is 4.98 Å². The van der Waals surface area contributed by atoms with Crippen LogP contribution >= 0.6 is 0 Å². The number of nitrogens with zero attached hydrogens (tertiary/aromatic N) is 2. The molecule has 6 nitrogen and oxygen atoms in total. The highest BCUT2D eigenvalue weighted by Crippen LogP contribution is 2.33. The molecule has 0 bridgehead atoms. The maximum Gasteiger partial charge on any atom is 0.148 e. The van der Waals surface area contributed by atoms with E-state index in [1.54, 1.807) is 24.5 Å². The Kier molecular flexibility index (Phi) is 4.41. The number of terminal acetylenes is 1. The Hall–Kier alpha value is -3.04. The maximum absolute atomic E-state index is 9.00. The summed E-state index contributed by atoms with van der Waals surface area (Å²) < 4.78 is 11.0. The largest absolute Gasteiger partial charge is 0.490 e. The van der Waals surface area contributed by atoms with Gasteiger partial charge in [0.05, 0.1) is 23.9 Å². The molecule has 116 valence electrons. The van der Waals surface area contributed by atoms with Crippen molar-refractivity contribution in [1.82, 2.24) is 15.0 Å². The van der Waals surface area contributed by atoms with Crippen LogP contribution in [0.15, 0.2) is 36.7 Å². The zero-order valence-corrected chi connectivity index (χ0v) is 12.3. The van der Waals surface area contributed by atoms with Crippen molar-refractivity contribution in [3.05, 3.63) is 36.7 Å². The molecule has 0 aliphatic rings. The van der Waals surface area contributed by atoms with Gasteiger partial charge in [0.2, 0.25) is 0 Å². The van der Waals surface area contributed by atoms with E-state index in [2.05, 4.69) is 20.9 Å². The van der Waals surface area contributed by atoms with Gasteiger partial charge in [-0.15, -0.1) is 6.42 Å². The van der Waals surface area contributed by atoms with E-state index in [-0.39, 0.29) is 19.8 Å². The molecule has 1 aromatic carbocycles. The highest BCUT2D eigenvalue weighted by atomic mass is 16.5. The van der Waals surface area contributed by atoms with Crippen molar-refractivity contribution < 1.29 is 14.6 Å². The molecule has 0 saturated heterocycles. The second-order valence-corrected chi connectivity index (χ2v) is 4.70. The number of aromatic amines is 1. The SMILES string of the molecule is C#CCOc1ccc(-c2nc3cnccc3[nH]2)c(OCCO)c1. The summed E-state index contributed by atoms with van der Waals surface area (Å²) in [7, 11) is 0. The summed E-state index contributed by atoms with van der Waals surface area (Å²) in [5.74, 6) is 4.22. The van der Waals surface area contributed by atoms with Crippen LogP contribution in [-0.4, -0.2) is 39.9 Å². The molecule has 3 aromatic rings. The zero-order valence-electron chi connectivity index (χ0n) is 12.3.